The molecule has 0 atom stereocenters. The topological polar surface area (TPSA) is 357 Å². The van der Waals surface area contributed by atoms with Gasteiger partial charge in [-0.1, -0.05) is 54.6 Å². The molecule has 93 heavy (non-hydrogen) atoms. The van der Waals surface area contributed by atoms with E-state index in [0.29, 0.717) is 72.5 Å². The van der Waals surface area contributed by atoms with Crippen LogP contribution in [0.4, 0.5) is 39.4 Å². The van der Waals surface area contributed by atoms with E-state index < -0.39 is 58.6 Å². The molecule has 0 unspecified atom stereocenters. The van der Waals surface area contributed by atoms with Crippen molar-refractivity contribution in [1.82, 2.24) is 45.3 Å². The van der Waals surface area contributed by atoms with Crippen molar-refractivity contribution in [3.8, 4) is 33.8 Å². The first kappa shape index (κ1) is 67.7. The van der Waals surface area contributed by atoms with Crippen molar-refractivity contribution in [2.45, 2.75) is 86.2 Å². The molecule has 1 aliphatic heterocycles. The monoisotopic (exact) mass is 1280 g/mol. The zero-order valence-electron chi connectivity index (χ0n) is 51.3. The molecule has 6 amide bonds. The van der Waals surface area contributed by atoms with Crippen LogP contribution >= 0.6 is 0 Å². The van der Waals surface area contributed by atoms with Crippen molar-refractivity contribution in [3.05, 3.63) is 211 Å². The van der Waals surface area contributed by atoms with Gasteiger partial charge in [0.25, 0.3) is 35.4 Å². The van der Waals surface area contributed by atoms with Gasteiger partial charge in [0.2, 0.25) is 0 Å². The Balaban J connectivity index is 0.000000180. The standard InChI is InChI=1S/C24H25F2N5O3.C21H21F2N5O2.C21H22FN5O2/c1-13-2-5-16(25)11-18(13)24(33)29-12-15-4-3-14(10-19(15)26)21-20(23(28)32)22(27)31(30-21)17-6-8-34-9-7-17;1-3-28-19(24)17(20(25)29)18(27-28)14-7-5-12(8-16(14)23)10-26-21(30)15-9-13(22)6-4-11(15)2;1-3-27-19(23)17(20(24)28)18(26-27)15-9-8-13(10-16(15)22)11-25-21(29)14-7-5-4-6-12(14)2/h2-5,10-11,17H,6-9,12,27H2,1H3,(H2,28,32)(H,29,33);4-9H,3,10,24H2,1-2H3,(H2,25,29)(H,26,30);4-10H,3,11,23H2,1-2H3,(H2,24,28)(H,25,29). The van der Waals surface area contributed by atoms with Crippen LogP contribution in [0.15, 0.2) is 115 Å². The van der Waals surface area contributed by atoms with Crippen LogP contribution in [-0.2, 0) is 37.5 Å². The summed E-state index contributed by atoms with van der Waals surface area (Å²) in [4.78, 5) is 72.7. The summed E-state index contributed by atoms with van der Waals surface area (Å²) in [5.74, 6) is -6.14. The van der Waals surface area contributed by atoms with Crippen LogP contribution in [0.3, 0.4) is 0 Å². The van der Waals surface area contributed by atoms with Crippen molar-refractivity contribution < 1.29 is 55.5 Å². The van der Waals surface area contributed by atoms with Crippen LogP contribution in [0.2, 0.25) is 0 Å². The Labute approximate surface area is 530 Å². The number of nitrogens with two attached hydrogens (primary N) is 6. The van der Waals surface area contributed by atoms with E-state index >= 15 is 0 Å². The molecule has 1 aliphatic rings. The van der Waals surface area contributed by atoms with E-state index in [-0.39, 0.29) is 111 Å². The molecular formula is C66H68F5N15O7. The van der Waals surface area contributed by atoms with E-state index in [1.807, 2.05) is 19.1 Å². The van der Waals surface area contributed by atoms with E-state index in [1.54, 1.807) is 62.7 Å². The number of rotatable bonds is 18. The van der Waals surface area contributed by atoms with Gasteiger partial charge in [-0.2, -0.15) is 15.3 Å². The van der Waals surface area contributed by atoms with Crippen LogP contribution in [0.5, 0.6) is 0 Å². The minimum atomic E-state index is -0.802. The third-order valence-electron chi connectivity index (χ3n) is 15.3. The van der Waals surface area contributed by atoms with Gasteiger partial charge in [-0.3, -0.25) is 28.8 Å². The zero-order valence-corrected chi connectivity index (χ0v) is 51.3. The van der Waals surface area contributed by atoms with Crippen molar-refractivity contribution in [1.29, 1.82) is 0 Å². The number of nitrogens with zero attached hydrogens (tertiary/aromatic N) is 6. The van der Waals surface area contributed by atoms with Gasteiger partial charge in [-0.15, -0.1) is 0 Å². The molecule has 1 fully saturated rings. The average Bonchev–Trinajstić information content (AvgIpc) is 1.67. The fourth-order valence-electron chi connectivity index (χ4n) is 10.3. The number of nitrogens with one attached hydrogen (secondary N) is 3. The molecule has 3 aromatic heterocycles. The fourth-order valence-corrected chi connectivity index (χ4v) is 10.3. The van der Waals surface area contributed by atoms with Crippen LogP contribution in [0.1, 0.15) is 128 Å². The molecule has 0 bridgehead atoms. The molecule has 1 saturated heterocycles. The number of benzene rings is 6. The Morgan fingerprint density at radius 1 is 0.495 bits per heavy atom. The first-order valence-corrected chi connectivity index (χ1v) is 29.2. The molecular weight excluding hydrogens is 1210 g/mol. The van der Waals surface area contributed by atoms with Gasteiger partial charge in [0.15, 0.2) is 0 Å². The Bertz CT molecular complexity index is 4350. The predicted molar refractivity (Wildman–Crippen MR) is 339 cm³/mol. The highest BCUT2D eigenvalue weighted by molar-refractivity contribution is 6.05. The molecule has 0 saturated carbocycles. The second-order valence-corrected chi connectivity index (χ2v) is 21.6. The van der Waals surface area contributed by atoms with Crippen LogP contribution in [-0.4, -0.2) is 78.0 Å². The number of anilines is 3. The van der Waals surface area contributed by atoms with Crippen molar-refractivity contribution >= 4 is 52.9 Å². The SMILES string of the molecule is CCn1nc(-c2ccc(CNC(=O)c3cc(F)ccc3C)cc2F)c(C(N)=O)c1N.CCn1nc(-c2ccc(CNC(=O)c3ccccc3C)cc2F)c(C(N)=O)c1N.Cc1ccc(F)cc1C(=O)NCc1ccc(-c2nn(C3CCOCC3)c(N)c2C(N)=O)cc1F. The summed E-state index contributed by atoms with van der Waals surface area (Å²) in [7, 11) is 0. The molecule has 0 spiro atoms. The molecule has 6 aromatic carbocycles. The number of aryl methyl sites for hydroxylation is 5. The average molecular weight is 1280 g/mol. The highest BCUT2D eigenvalue weighted by atomic mass is 19.1. The molecule has 484 valence electrons. The largest absolute Gasteiger partial charge is 0.383 e. The third-order valence-corrected chi connectivity index (χ3v) is 15.3. The summed E-state index contributed by atoms with van der Waals surface area (Å²) in [5, 5.41) is 20.9. The maximum absolute atomic E-state index is 14.9. The number of ether oxygens (including phenoxy) is 1. The molecule has 0 aliphatic carbocycles. The molecule has 10 rings (SSSR count). The Morgan fingerprint density at radius 3 is 1.38 bits per heavy atom. The fraction of sp³-hybridized carbons (Fsp3) is 0.227. The van der Waals surface area contributed by atoms with E-state index in [0.717, 1.165) is 17.7 Å². The lowest BCUT2D eigenvalue weighted by Gasteiger charge is -2.23. The van der Waals surface area contributed by atoms with Crippen molar-refractivity contribution in [2.24, 2.45) is 17.2 Å². The molecule has 9 aromatic rings. The number of halogens is 5. The highest BCUT2D eigenvalue weighted by Crippen LogP contribution is 2.35. The quantitative estimate of drug-likeness (QED) is 0.0364. The Hall–Kier alpha value is -11.2. The Morgan fingerprint density at radius 2 is 0.935 bits per heavy atom. The summed E-state index contributed by atoms with van der Waals surface area (Å²) >= 11 is 0. The van der Waals surface area contributed by atoms with Gasteiger partial charge in [-0.05, 0) is 136 Å². The predicted octanol–water partition coefficient (Wildman–Crippen LogP) is 8.50. The smallest absolute Gasteiger partial charge is 0.254 e. The van der Waals surface area contributed by atoms with Gasteiger partial charge in [0.1, 0.15) is 80.3 Å². The summed E-state index contributed by atoms with van der Waals surface area (Å²) in [6, 6.07) is 28.0. The molecule has 27 heteroatoms. The summed E-state index contributed by atoms with van der Waals surface area (Å²) in [6.45, 7) is 10.8. The first-order chi connectivity index (χ1) is 44.3. The van der Waals surface area contributed by atoms with Crippen LogP contribution in [0.25, 0.3) is 33.8 Å². The summed E-state index contributed by atoms with van der Waals surface area (Å²) in [6.07, 6.45) is 1.36. The number of primary amides is 3. The van der Waals surface area contributed by atoms with Crippen LogP contribution in [0, 0.1) is 49.9 Å². The number of hydrogen-bond acceptors (Lipinski definition) is 13. The molecule has 4 heterocycles. The normalized spacial score (nSPS) is 12.0. The number of carbonyl (C=O) groups is 6. The van der Waals surface area contributed by atoms with Gasteiger partial charge in [0, 0.05) is 84.9 Å². The maximum atomic E-state index is 14.9. The van der Waals surface area contributed by atoms with Gasteiger partial charge >= 0.3 is 0 Å². The number of hydrogen-bond donors (Lipinski definition) is 9. The third kappa shape index (κ3) is 15.5. The van der Waals surface area contributed by atoms with E-state index in [2.05, 4.69) is 31.2 Å². The van der Waals surface area contributed by atoms with E-state index in [1.165, 1.54) is 70.0 Å². The first-order valence-electron chi connectivity index (χ1n) is 29.2. The number of amides is 6. The minimum absolute atomic E-state index is 0.00800. The molecule has 15 N–H and O–H groups in total. The lowest BCUT2D eigenvalue weighted by atomic mass is 10.0. The van der Waals surface area contributed by atoms with E-state index in [4.69, 9.17) is 39.1 Å². The molecule has 22 nitrogen and oxygen atoms in total. The highest BCUT2D eigenvalue weighted by Gasteiger charge is 2.29. The lowest BCUT2D eigenvalue weighted by molar-refractivity contribution is 0.0669. The Kier molecular flexibility index (Phi) is 21.6. The number of aromatic nitrogens is 6. The zero-order chi connectivity index (χ0) is 67.5. The lowest BCUT2D eigenvalue weighted by Crippen LogP contribution is -2.24. The second kappa shape index (κ2) is 29.6. The van der Waals surface area contributed by atoms with Gasteiger partial charge in [-0.25, -0.2) is 36.0 Å². The number of carbonyl (C=O) groups excluding carboxylic acids is 6. The van der Waals surface area contributed by atoms with E-state index in [9.17, 15) is 50.7 Å². The minimum Gasteiger partial charge on any atom is -0.383 e. The summed E-state index contributed by atoms with van der Waals surface area (Å²) < 4.78 is 81.0. The van der Waals surface area contributed by atoms with Gasteiger partial charge < -0.3 is 55.1 Å². The summed E-state index contributed by atoms with van der Waals surface area (Å²) in [5.41, 5.74) is 39.5. The number of nitrogen functional groups attached to an aromatic ring is 3. The van der Waals surface area contributed by atoms with Crippen LogP contribution < -0.4 is 50.4 Å². The van der Waals surface area contributed by atoms with Gasteiger partial charge in [0.05, 0.1) is 6.04 Å². The van der Waals surface area contributed by atoms with Crippen molar-refractivity contribution in [3.63, 3.8) is 0 Å². The molecule has 0 radical (unpaired) electrons. The van der Waals surface area contributed by atoms with Crippen molar-refractivity contribution in [2.75, 3.05) is 30.4 Å². The second-order valence-electron chi connectivity index (χ2n) is 21.6. The maximum Gasteiger partial charge on any atom is 0.254 e.